The van der Waals surface area contributed by atoms with Crippen molar-refractivity contribution >= 4 is 10.0 Å². The van der Waals surface area contributed by atoms with E-state index in [0.717, 1.165) is 45.1 Å². The molecule has 1 saturated heterocycles. The van der Waals surface area contributed by atoms with Crippen molar-refractivity contribution in [2.45, 2.75) is 62.8 Å². The van der Waals surface area contributed by atoms with Crippen molar-refractivity contribution in [3.8, 4) is 0 Å². The summed E-state index contributed by atoms with van der Waals surface area (Å²) in [4.78, 5) is 0. The number of sulfonamides is 1. The van der Waals surface area contributed by atoms with Gasteiger partial charge in [0.1, 0.15) is 0 Å². The van der Waals surface area contributed by atoms with Crippen LogP contribution < -0.4 is 10.0 Å². The predicted octanol–water partition coefficient (Wildman–Crippen LogP) is 0.989. The van der Waals surface area contributed by atoms with Gasteiger partial charge in [-0.1, -0.05) is 12.8 Å². The summed E-state index contributed by atoms with van der Waals surface area (Å²) in [7, 11) is -3.08. The predicted molar refractivity (Wildman–Crippen MR) is 64.8 cm³/mol. The first-order chi connectivity index (χ1) is 7.59. The van der Waals surface area contributed by atoms with Gasteiger partial charge in [-0.25, -0.2) is 13.1 Å². The lowest BCUT2D eigenvalue weighted by molar-refractivity contribution is 0.347. The van der Waals surface area contributed by atoms with Gasteiger partial charge in [0.15, 0.2) is 0 Å². The number of hydrogen-bond acceptors (Lipinski definition) is 3. The lowest BCUT2D eigenvalue weighted by atomic mass is 10.0. The molecule has 2 unspecified atom stereocenters. The number of nitrogens with one attached hydrogen (secondary N) is 2. The zero-order valence-corrected chi connectivity index (χ0v) is 10.7. The minimum absolute atomic E-state index is 0.0827. The Kier molecular flexibility index (Phi) is 3.87. The Balaban J connectivity index is 1.96. The highest BCUT2D eigenvalue weighted by atomic mass is 32.2. The van der Waals surface area contributed by atoms with E-state index in [-0.39, 0.29) is 17.3 Å². The number of rotatable bonds is 3. The molecule has 1 aliphatic carbocycles. The van der Waals surface area contributed by atoms with Gasteiger partial charge < -0.3 is 5.32 Å². The van der Waals surface area contributed by atoms with Gasteiger partial charge in [0.25, 0.3) is 0 Å². The van der Waals surface area contributed by atoms with Crippen molar-refractivity contribution in [1.82, 2.24) is 10.0 Å². The molecule has 5 heteroatoms. The average molecular weight is 246 g/mol. The smallest absolute Gasteiger partial charge is 0.214 e. The largest absolute Gasteiger partial charge is 0.313 e. The first-order valence-corrected chi connectivity index (χ1v) is 7.89. The zero-order valence-electron chi connectivity index (χ0n) is 9.91. The number of hydrogen-bond donors (Lipinski definition) is 2. The third kappa shape index (κ3) is 2.76. The fourth-order valence-corrected chi connectivity index (χ4v) is 4.60. The van der Waals surface area contributed by atoms with Crippen molar-refractivity contribution in [3.05, 3.63) is 0 Å². The summed E-state index contributed by atoms with van der Waals surface area (Å²) in [5.74, 6) is 0. The summed E-state index contributed by atoms with van der Waals surface area (Å²) >= 11 is 0. The summed E-state index contributed by atoms with van der Waals surface area (Å²) in [6.45, 7) is 3.06. The van der Waals surface area contributed by atoms with Crippen LogP contribution in [0.5, 0.6) is 0 Å². The molecule has 0 bridgehead atoms. The second kappa shape index (κ2) is 5.02. The van der Waals surface area contributed by atoms with E-state index < -0.39 is 10.0 Å². The number of piperidine rings is 1. The van der Waals surface area contributed by atoms with E-state index in [1.807, 2.05) is 0 Å². The van der Waals surface area contributed by atoms with E-state index in [2.05, 4.69) is 17.0 Å². The molecule has 2 rings (SSSR count). The minimum Gasteiger partial charge on any atom is -0.313 e. The lowest BCUT2D eigenvalue weighted by Gasteiger charge is -2.31. The monoisotopic (exact) mass is 246 g/mol. The Morgan fingerprint density at radius 2 is 1.81 bits per heavy atom. The zero-order chi connectivity index (χ0) is 11.6. The molecule has 94 valence electrons. The van der Waals surface area contributed by atoms with E-state index in [0.29, 0.717) is 0 Å². The molecule has 0 aromatic rings. The molecule has 4 nitrogen and oxygen atoms in total. The molecule has 2 aliphatic rings. The molecule has 0 amide bonds. The Morgan fingerprint density at radius 1 is 1.12 bits per heavy atom. The van der Waals surface area contributed by atoms with E-state index >= 15 is 0 Å². The molecule has 1 saturated carbocycles. The van der Waals surface area contributed by atoms with Crippen LogP contribution in [0.1, 0.15) is 45.4 Å². The van der Waals surface area contributed by atoms with Crippen LogP contribution in [0.4, 0.5) is 0 Å². The third-order valence-corrected chi connectivity index (χ3v) is 5.80. The highest BCUT2D eigenvalue weighted by Crippen LogP contribution is 2.24. The van der Waals surface area contributed by atoms with E-state index in [1.165, 1.54) is 0 Å². The first kappa shape index (κ1) is 12.3. The molecule has 2 fully saturated rings. The highest BCUT2D eigenvalue weighted by Gasteiger charge is 2.32. The summed E-state index contributed by atoms with van der Waals surface area (Å²) in [6, 6.07) is 0.337. The second-order valence-corrected chi connectivity index (χ2v) is 7.05. The van der Waals surface area contributed by atoms with Crippen LogP contribution in [0.3, 0.4) is 0 Å². The SMILES string of the molecule is CC1NCCCC1NS(=O)(=O)C1CCCC1. The Hall–Kier alpha value is -0.130. The van der Waals surface area contributed by atoms with Crippen LogP contribution in [-0.2, 0) is 10.0 Å². The maximum atomic E-state index is 12.1. The van der Waals surface area contributed by atoms with E-state index in [1.54, 1.807) is 0 Å². The van der Waals surface area contributed by atoms with Gasteiger partial charge >= 0.3 is 0 Å². The maximum absolute atomic E-state index is 12.1. The summed E-state index contributed by atoms with van der Waals surface area (Å²) in [5, 5.41) is 3.18. The normalized spacial score (nSPS) is 33.1. The van der Waals surface area contributed by atoms with Gasteiger partial charge in [0, 0.05) is 12.1 Å². The van der Waals surface area contributed by atoms with E-state index in [9.17, 15) is 8.42 Å². The topological polar surface area (TPSA) is 58.2 Å². The molecular weight excluding hydrogens is 224 g/mol. The standard InChI is InChI=1S/C11H22N2O2S/c1-9-11(7-4-8-12-9)13-16(14,15)10-5-2-3-6-10/h9-13H,2-8H2,1H3. The lowest BCUT2D eigenvalue weighted by Crippen LogP contribution is -2.53. The van der Waals surface area contributed by atoms with Crippen LogP contribution in [-0.4, -0.2) is 32.3 Å². The molecule has 0 aromatic heterocycles. The molecule has 2 N–H and O–H groups in total. The third-order valence-electron chi connectivity index (χ3n) is 3.82. The minimum atomic E-state index is -3.08. The molecule has 2 atom stereocenters. The second-order valence-electron chi connectivity index (χ2n) is 5.06. The van der Waals surface area contributed by atoms with E-state index in [4.69, 9.17) is 0 Å². The van der Waals surface area contributed by atoms with Crippen LogP contribution in [0, 0.1) is 0 Å². The van der Waals surface area contributed by atoms with Crippen LogP contribution in [0.25, 0.3) is 0 Å². The quantitative estimate of drug-likeness (QED) is 0.781. The van der Waals surface area contributed by atoms with Crippen LogP contribution in [0.2, 0.25) is 0 Å². The molecule has 16 heavy (non-hydrogen) atoms. The van der Waals surface area contributed by atoms with Gasteiger partial charge in [-0.2, -0.15) is 0 Å². The fourth-order valence-electron chi connectivity index (χ4n) is 2.71. The summed E-state index contributed by atoms with van der Waals surface area (Å²) < 4.78 is 27.1. The molecule has 1 aliphatic heterocycles. The fraction of sp³-hybridized carbons (Fsp3) is 1.00. The van der Waals surface area contributed by atoms with Crippen molar-refractivity contribution in [1.29, 1.82) is 0 Å². The Labute approximate surface area is 98.2 Å². The average Bonchev–Trinajstić information content (AvgIpc) is 2.75. The van der Waals surface area contributed by atoms with Gasteiger partial charge in [0.05, 0.1) is 5.25 Å². The van der Waals surface area contributed by atoms with Gasteiger partial charge in [-0.3, -0.25) is 0 Å². The molecular formula is C11H22N2O2S. The molecule has 1 heterocycles. The van der Waals surface area contributed by atoms with Crippen molar-refractivity contribution in [3.63, 3.8) is 0 Å². The summed E-state index contributed by atoms with van der Waals surface area (Å²) in [5.41, 5.74) is 0. The summed E-state index contributed by atoms with van der Waals surface area (Å²) in [6.07, 6.45) is 5.81. The first-order valence-electron chi connectivity index (χ1n) is 6.34. The molecule has 0 radical (unpaired) electrons. The van der Waals surface area contributed by atoms with Gasteiger partial charge in [-0.15, -0.1) is 0 Å². The maximum Gasteiger partial charge on any atom is 0.214 e. The van der Waals surface area contributed by atoms with Crippen molar-refractivity contribution in [2.75, 3.05) is 6.54 Å². The van der Waals surface area contributed by atoms with Crippen LogP contribution in [0.15, 0.2) is 0 Å². The Bertz CT molecular complexity index is 323. The highest BCUT2D eigenvalue weighted by molar-refractivity contribution is 7.90. The van der Waals surface area contributed by atoms with Crippen molar-refractivity contribution in [2.24, 2.45) is 0 Å². The Morgan fingerprint density at radius 3 is 2.44 bits per heavy atom. The van der Waals surface area contributed by atoms with Gasteiger partial charge in [0.2, 0.25) is 10.0 Å². The van der Waals surface area contributed by atoms with Gasteiger partial charge in [-0.05, 0) is 39.2 Å². The van der Waals surface area contributed by atoms with Crippen LogP contribution >= 0.6 is 0 Å². The molecule has 0 spiro atoms. The molecule has 0 aromatic carbocycles. The van der Waals surface area contributed by atoms with Crippen molar-refractivity contribution < 1.29 is 8.42 Å².